The van der Waals surface area contributed by atoms with Gasteiger partial charge in [-0.2, -0.15) is 0 Å². The van der Waals surface area contributed by atoms with Gasteiger partial charge in [0.1, 0.15) is 6.02 Å². The summed E-state index contributed by atoms with van der Waals surface area (Å²) < 4.78 is 72.4. The normalized spacial score (nSPS) is 93.8. The highest BCUT2D eigenvalue weighted by Crippen LogP contribution is 2.38. The Hall–Kier alpha value is -0.570. The Bertz CT molecular complexity index is 521. The minimum absolute atomic E-state index is 0.460. The average molecular weight is 192 g/mol. The molecule has 0 radical (unpaired) electrons. The predicted molar refractivity (Wildman–Crippen MR) is 49.5 cm³/mol. The van der Waals surface area contributed by atoms with E-state index in [2.05, 4.69) is 0 Å². The fourth-order valence-electron chi connectivity index (χ4n) is 1.40. The van der Waals surface area contributed by atoms with Gasteiger partial charge < -0.3 is 5.11 Å². The summed E-state index contributed by atoms with van der Waals surface area (Å²) >= 11 is 0. The van der Waals surface area contributed by atoms with E-state index in [4.69, 9.17) is 12.3 Å². The van der Waals surface area contributed by atoms with Gasteiger partial charge >= 0.3 is 5.97 Å². The molecule has 7 atom stereocenters. The van der Waals surface area contributed by atoms with Crippen molar-refractivity contribution in [1.29, 1.82) is 0 Å². The summed E-state index contributed by atoms with van der Waals surface area (Å²) in [4.78, 5) is 12.0. The molecule has 0 aromatic rings. The van der Waals surface area contributed by atoms with E-state index in [0.717, 1.165) is 7.05 Å². The van der Waals surface area contributed by atoms with Crippen LogP contribution in [0.3, 0.4) is 0 Å². The van der Waals surface area contributed by atoms with Crippen LogP contribution in [0.15, 0.2) is 0 Å². The van der Waals surface area contributed by atoms with E-state index in [-0.39, 0.29) is 0 Å². The molecule has 0 aromatic carbocycles. The largest absolute Gasteiger partial charge is 0.480 e. The van der Waals surface area contributed by atoms with E-state index >= 15 is 0 Å². The molecule has 1 aliphatic carbocycles. The lowest BCUT2D eigenvalue weighted by atomic mass is 9.85. The second-order valence-electron chi connectivity index (χ2n) is 2.85. The Kier molecular flexibility index (Phi) is 0.818. The van der Waals surface area contributed by atoms with Crippen molar-refractivity contribution < 1.29 is 22.2 Å². The summed E-state index contributed by atoms with van der Waals surface area (Å²) in [6, 6.07) is -5.66. The number of nitrogens with zero attached hydrogens (tertiary/aromatic N) is 1. The Morgan fingerprint density at radius 2 is 2.31 bits per heavy atom. The Morgan fingerprint density at radius 1 is 1.62 bits per heavy atom. The van der Waals surface area contributed by atoms with Gasteiger partial charge in [-0.25, -0.2) is 0 Å². The van der Waals surface area contributed by atoms with Crippen LogP contribution < -0.4 is 0 Å². The first-order valence-corrected chi connectivity index (χ1v) is 3.90. The average Bonchev–Trinajstić information content (AvgIpc) is 2.54. The molecule has 0 spiro atoms. The number of likely N-dealkylation sites (tertiary alicyclic amines) is 1. The highest BCUT2D eigenvalue weighted by molar-refractivity contribution is 5.74. The van der Waals surface area contributed by atoms with Crippen LogP contribution in [-0.4, -0.2) is 35.1 Å². The van der Waals surface area contributed by atoms with Crippen molar-refractivity contribution in [3.05, 3.63) is 0 Å². The van der Waals surface area contributed by atoms with E-state index in [9.17, 15) is 9.90 Å². The molecule has 2 rings (SSSR count). The van der Waals surface area contributed by atoms with Gasteiger partial charge in [0.15, 0.2) is 0 Å². The number of carboxylic acids is 1. The summed E-state index contributed by atoms with van der Waals surface area (Å²) in [5.74, 6) is -4.76. The van der Waals surface area contributed by atoms with Gasteiger partial charge in [0.2, 0.25) is 0 Å². The van der Waals surface area contributed by atoms with E-state index in [1.807, 2.05) is 0 Å². The molecule has 1 aliphatic heterocycles. The fourth-order valence-corrected chi connectivity index (χ4v) is 1.40. The summed E-state index contributed by atoms with van der Waals surface area (Å²) in [7, 11) is 0.952. The van der Waals surface area contributed by atoms with Crippen molar-refractivity contribution in [3.8, 4) is 0 Å². The van der Waals surface area contributed by atoms with E-state index in [0.29, 0.717) is 4.90 Å². The third kappa shape index (κ3) is 1.46. The minimum Gasteiger partial charge on any atom is -0.480 e. The maximum absolute atomic E-state index is 11.5. The van der Waals surface area contributed by atoms with Crippen LogP contribution in [0.1, 0.15) is 44.3 Å². The number of carboxylic acid groups (broad SMARTS) is 1. The molecule has 2 aliphatic rings. The molecule has 1 saturated carbocycles. The number of hydrogen-bond acceptors (Lipinski definition) is 2. The van der Waals surface area contributed by atoms with Gasteiger partial charge in [-0.3, -0.25) is 9.69 Å². The lowest BCUT2D eigenvalue weighted by molar-refractivity contribution is -0.142. The van der Waals surface area contributed by atoms with E-state index < -0.39 is 55.9 Å². The minimum atomic E-state index is -3.19. The highest BCUT2D eigenvalue weighted by Gasteiger charge is 2.42. The third-order valence-corrected chi connectivity index (χ3v) is 2.06. The number of hydrogen-bond donors (Lipinski definition) is 1. The van der Waals surface area contributed by atoms with Gasteiger partial charge in [-0.1, -0.05) is 12.8 Å². The zero-order chi connectivity index (χ0) is 17.5. The molecule has 0 bridgehead atoms. The second kappa shape index (κ2) is 3.29. The number of carbonyl (C=O) groups is 1. The van der Waals surface area contributed by atoms with Gasteiger partial charge in [-0.15, -0.1) is 0 Å². The smallest absolute Gasteiger partial charge is 0.320 e. The van der Waals surface area contributed by atoms with E-state index in [1.165, 1.54) is 0 Å². The molecule has 3 heteroatoms. The summed E-state index contributed by atoms with van der Waals surface area (Å²) in [6.07, 6.45) is -10.2. The number of fused-ring (bicyclic) bond motifs is 1. The van der Waals surface area contributed by atoms with Crippen LogP contribution in [0.2, 0.25) is 0 Å². The van der Waals surface area contributed by atoms with Crippen LogP contribution in [0.5, 0.6) is 0 Å². The predicted octanol–water partition coefficient (Wildman–Crippen LogP) is 1.33. The van der Waals surface area contributed by atoms with E-state index in [1.54, 1.807) is 0 Å². The zero-order valence-electron chi connectivity index (χ0n) is 16.1. The summed E-state index contributed by atoms with van der Waals surface area (Å²) in [5.41, 5.74) is 0. The number of aliphatic carboxylic acids is 1. The van der Waals surface area contributed by atoms with Crippen molar-refractivity contribution in [3.63, 3.8) is 0 Å². The monoisotopic (exact) mass is 192 g/mol. The van der Waals surface area contributed by atoms with Crippen LogP contribution in [0, 0.1) is 5.89 Å². The summed E-state index contributed by atoms with van der Waals surface area (Å²) in [6.45, 7) is 0. The maximum atomic E-state index is 11.5. The first-order valence-electron chi connectivity index (χ1n) is 8.71. The molecule has 1 heterocycles. The lowest BCUT2D eigenvalue weighted by Crippen LogP contribution is -2.38. The molecular formula is C10H17NO2. The molecule has 2 fully saturated rings. The molecule has 0 aromatic heterocycles. The summed E-state index contributed by atoms with van der Waals surface area (Å²) in [5, 5.41) is 9.31. The molecule has 3 nitrogen and oxygen atoms in total. The van der Waals surface area contributed by atoms with Gasteiger partial charge in [-0.05, 0) is 32.1 Å². The van der Waals surface area contributed by atoms with Crippen LogP contribution in [0.25, 0.3) is 0 Å². The fraction of sp³-hybridized carbons (Fsp3) is 0.900. The van der Waals surface area contributed by atoms with Crippen LogP contribution in [0.4, 0.5) is 0 Å². The first kappa shape index (κ1) is 3.23. The molecule has 13 heavy (non-hydrogen) atoms. The molecule has 1 N–H and O–H groups in total. The highest BCUT2D eigenvalue weighted by atomic mass is 16.4. The molecular weight excluding hydrogens is 166 g/mol. The number of rotatable bonds is 1. The van der Waals surface area contributed by atoms with Gasteiger partial charge in [0, 0.05) is 17.0 Å². The van der Waals surface area contributed by atoms with Crippen LogP contribution in [-0.2, 0) is 4.79 Å². The zero-order valence-corrected chi connectivity index (χ0v) is 7.11. The van der Waals surface area contributed by atoms with Gasteiger partial charge in [0.25, 0.3) is 0 Å². The van der Waals surface area contributed by atoms with Crippen molar-refractivity contribution in [2.75, 3.05) is 7.05 Å². The van der Waals surface area contributed by atoms with Crippen molar-refractivity contribution in [2.45, 2.75) is 44.0 Å². The van der Waals surface area contributed by atoms with Crippen molar-refractivity contribution >= 4 is 5.97 Å². The second-order valence-corrected chi connectivity index (χ2v) is 2.85. The topological polar surface area (TPSA) is 40.5 Å². The maximum Gasteiger partial charge on any atom is 0.320 e. The standard InChI is InChI=1S/C10H17NO2/c1-11-8-5-3-2-4-7(8)6-9(11)10(12)13/h7-9H,2-6H2,1H3,(H,12,13)/t7-,8-,9+/m0/s1/i2D,3D,4D,5D,6D2,7D,8D,9D/t2?,3?,4?,5?,7-,8-,9+. The Balaban J connectivity index is 2.82. The molecule has 0 amide bonds. The van der Waals surface area contributed by atoms with Crippen molar-refractivity contribution in [1.82, 2.24) is 4.90 Å². The molecule has 1 saturated heterocycles. The number of likely N-dealkylation sites (N-methyl/N-ethyl adjacent to an activating group) is 1. The Labute approximate surface area is 91.4 Å². The first-order chi connectivity index (χ1) is 9.73. The Morgan fingerprint density at radius 3 is 3.00 bits per heavy atom. The quantitative estimate of drug-likeness (QED) is 0.681. The molecule has 74 valence electrons. The van der Waals surface area contributed by atoms with Crippen molar-refractivity contribution in [2.24, 2.45) is 5.89 Å². The third-order valence-electron chi connectivity index (χ3n) is 2.06. The van der Waals surface area contributed by atoms with Gasteiger partial charge in [0.05, 0.1) is 1.37 Å². The SMILES string of the molecule is [2H]C1C([2H])C([2H])[C@]2([2H])N(C)[C@@]([2H])(C(=O)O)C([2H])([2H])[C@]2([2H])C1[2H]. The molecule has 4 unspecified atom stereocenters. The lowest BCUT2D eigenvalue weighted by Gasteiger charge is -2.29. The van der Waals surface area contributed by atoms with Crippen LogP contribution >= 0.6 is 0 Å².